The Morgan fingerprint density at radius 2 is 1.87 bits per heavy atom. The minimum absolute atomic E-state index is 0.170. The second-order valence-corrected chi connectivity index (χ2v) is 6.18. The third kappa shape index (κ3) is 3.37. The molecule has 23 heavy (non-hydrogen) atoms. The van der Waals surface area contributed by atoms with E-state index in [9.17, 15) is 9.59 Å². The summed E-state index contributed by atoms with van der Waals surface area (Å²) in [6.45, 7) is 3.31. The Morgan fingerprint density at radius 1 is 1.09 bits per heavy atom. The van der Waals surface area contributed by atoms with Crippen LogP contribution in [0, 0.1) is 6.92 Å². The number of amides is 2. The van der Waals surface area contributed by atoms with Gasteiger partial charge in [-0.1, -0.05) is 29.5 Å². The summed E-state index contributed by atoms with van der Waals surface area (Å²) in [7, 11) is 0. The van der Waals surface area contributed by atoms with Gasteiger partial charge in [0.15, 0.2) is 5.13 Å². The van der Waals surface area contributed by atoms with Crippen molar-refractivity contribution in [3.63, 3.8) is 0 Å². The predicted octanol–water partition coefficient (Wildman–Crippen LogP) is 3.82. The molecule has 0 atom stereocenters. The van der Waals surface area contributed by atoms with Crippen molar-refractivity contribution >= 4 is 44.2 Å². The minimum Gasteiger partial charge on any atom is -0.326 e. The molecule has 0 saturated carbocycles. The molecule has 0 bridgehead atoms. The van der Waals surface area contributed by atoms with Gasteiger partial charge in [0.1, 0.15) is 0 Å². The summed E-state index contributed by atoms with van der Waals surface area (Å²) in [4.78, 5) is 28.0. The molecule has 6 heteroatoms. The van der Waals surface area contributed by atoms with E-state index >= 15 is 0 Å². The van der Waals surface area contributed by atoms with E-state index < -0.39 is 0 Å². The van der Waals surface area contributed by atoms with Gasteiger partial charge in [0.25, 0.3) is 5.91 Å². The van der Waals surface area contributed by atoms with E-state index in [1.807, 2.05) is 31.2 Å². The number of benzene rings is 2. The number of hydrogen-bond donors (Lipinski definition) is 2. The van der Waals surface area contributed by atoms with Crippen molar-refractivity contribution in [3.8, 4) is 0 Å². The lowest BCUT2D eigenvalue weighted by atomic mass is 10.1. The van der Waals surface area contributed by atoms with E-state index in [-0.39, 0.29) is 11.8 Å². The molecular formula is C17H15N3O2S. The van der Waals surface area contributed by atoms with Crippen molar-refractivity contribution in [1.82, 2.24) is 4.98 Å². The average Bonchev–Trinajstić information content (AvgIpc) is 2.91. The summed E-state index contributed by atoms with van der Waals surface area (Å²) >= 11 is 1.43. The highest BCUT2D eigenvalue weighted by Crippen LogP contribution is 2.26. The Bertz CT molecular complexity index is 869. The van der Waals surface area contributed by atoms with Crippen LogP contribution in [0.5, 0.6) is 0 Å². The van der Waals surface area contributed by atoms with Crippen LogP contribution in [-0.2, 0) is 4.79 Å². The zero-order chi connectivity index (χ0) is 16.4. The molecule has 5 nitrogen and oxygen atoms in total. The third-order valence-electron chi connectivity index (χ3n) is 3.32. The van der Waals surface area contributed by atoms with Crippen molar-refractivity contribution in [2.75, 3.05) is 10.6 Å². The standard InChI is InChI=1S/C17H15N3O2S/c1-10-7-8-12(9-14(10)18-11(2)21)16(22)20-17-19-13-5-3-4-6-15(13)23-17/h3-9H,1-2H3,(H,18,21)(H,19,20,22). The fourth-order valence-electron chi connectivity index (χ4n) is 2.18. The number of fused-ring (bicyclic) bond motifs is 1. The van der Waals surface area contributed by atoms with Crippen molar-refractivity contribution in [1.29, 1.82) is 0 Å². The van der Waals surface area contributed by atoms with Crippen molar-refractivity contribution in [3.05, 3.63) is 53.6 Å². The van der Waals surface area contributed by atoms with Crippen LogP contribution in [0.15, 0.2) is 42.5 Å². The number of rotatable bonds is 3. The maximum atomic E-state index is 12.4. The van der Waals surface area contributed by atoms with Gasteiger partial charge in [-0.25, -0.2) is 4.98 Å². The highest BCUT2D eigenvalue weighted by Gasteiger charge is 2.11. The molecule has 0 unspecified atom stereocenters. The van der Waals surface area contributed by atoms with E-state index in [4.69, 9.17) is 0 Å². The molecule has 1 aromatic heterocycles. The van der Waals surface area contributed by atoms with E-state index in [1.165, 1.54) is 18.3 Å². The molecule has 2 N–H and O–H groups in total. The number of carbonyl (C=O) groups excluding carboxylic acids is 2. The molecule has 0 aliphatic heterocycles. The summed E-state index contributed by atoms with van der Waals surface area (Å²) in [5.74, 6) is -0.424. The van der Waals surface area contributed by atoms with Gasteiger partial charge in [0.05, 0.1) is 10.2 Å². The second-order valence-electron chi connectivity index (χ2n) is 5.15. The quantitative estimate of drug-likeness (QED) is 0.769. The van der Waals surface area contributed by atoms with Gasteiger partial charge >= 0.3 is 0 Å². The summed E-state index contributed by atoms with van der Waals surface area (Å²) in [6.07, 6.45) is 0. The topological polar surface area (TPSA) is 71.1 Å². The molecular weight excluding hydrogens is 310 g/mol. The van der Waals surface area contributed by atoms with E-state index in [1.54, 1.807) is 18.2 Å². The average molecular weight is 325 g/mol. The Labute approximate surface area is 137 Å². The fraction of sp³-hybridized carbons (Fsp3) is 0.118. The lowest BCUT2D eigenvalue weighted by molar-refractivity contribution is -0.114. The first-order valence-electron chi connectivity index (χ1n) is 7.08. The van der Waals surface area contributed by atoms with Crippen molar-refractivity contribution < 1.29 is 9.59 Å². The van der Waals surface area contributed by atoms with E-state index in [0.717, 1.165) is 15.8 Å². The van der Waals surface area contributed by atoms with Gasteiger partial charge in [-0.2, -0.15) is 0 Å². The first-order chi connectivity index (χ1) is 11.0. The SMILES string of the molecule is CC(=O)Nc1cc(C(=O)Nc2nc3ccccc3s2)ccc1C. The number of nitrogens with one attached hydrogen (secondary N) is 2. The van der Waals surface area contributed by atoms with Crippen LogP contribution in [0.3, 0.4) is 0 Å². The van der Waals surface area contributed by atoms with Crippen molar-refractivity contribution in [2.45, 2.75) is 13.8 Å². The molecule has 0 aliphatic rings. The Morgan fingerprint density at radius 3 is 2.61 bits per heavy atom. The first-order valence-corrected chi connectivity index (χ1v) is 7.90. The number of aromatic nitrogens is 1. The maximum Gasteiger partial charge on any atom is 0.257 e. The third-order valence-corrected chi connectivity index (χ3v) is 4.28. The molecule has 2 aromatic carbocycles. The van der Waals surface area contributed by atoms with Gasteiger partial charge < -0.3 is 5.32 Å². The van der Waals surface area contributed by atoms with Crippen LogP contribution in [0.1, 0.15) is 22.8 Å². The monoisotopic (exact) mass is 325 g/mol. The number of aryl methyl sites for hydroxylation is 1. The van der Waals surface area contributed by atoms with Crippen molar-refractivity contribution in [2.24, 2.45) is 0 Å². The Balaban J connectivity index is 1.83. The largest absolute Gasteiger partial charge is 0.326 e. The molecule has 0 radical (unpaired) electrons. The molecule has 2 amide bonds. The summed E-state index contributed by atoms with van der Waals surface area (Å²) in [5.41, 5.74) is 2.86. The minimum atomic E-state index is -0.254. The lowest BCUT2D eigenvalue weighted by Gasteiger charge is -2.09. The molecule has 3 aromatic rings. The first kappa shape index (κ1) is 15.2. The van der Waals surface area contributed by atoms with Crippen LogP contribution in [0.25, 0.3) is 10.2 Å². The molecule has 1 heterocycles. The molecule has 3 rings (SSSR count). The van der Waals surface area contributed by atoms with Gasteiger partial charge in [-0.15, -0.1) is 0 Å². The van der Waals surface area contributed by atoms with Gasteiger partial charge in [-0.3, -0.25) is 14.9 Å². The summed E-state index contributed by atoms with van der Waals surface area (Å²) in [6, 6.07) is 12.9. The zero-order valence-electron chi connectivity index (χ0n) is 12.7. The van der Waals surface area contributed by atoms with Crippen LogP contribution < -0.4 is 10.6 Å². The molecule has 0 fully saturated rings. The van der Waals surface area contributed by atoms with Crippen LogP contribution in [0.2, 0.25) is 0 Å². The number of para-hydroxylation sites is 1. The molecule has 0 saturated heterocycles. The fourth-order valence-corrected chi connectivity index (χ4v) is 3.04. The highest BCUT2D eigenvalue weighted by atomic mass is 32.1. The smallest absolute Gasteiger partial charge is 0.257 e. The number of thiazole rings is 1. The van der Waals surface area contributed by atoms with Crippen LogP contribution in [0.4, 0.5) is 10.8 Å². The Kier molecular flexibility index (Phi) is 4.08. The highest BCUT2D eigenvalue weighted by molar-refractivity contribution is 7.22. The summed E-state index contributed by atoms with van der Waals surface area (Å²) < 4.78 is 1.02. The number of anilines is 2. The molecule has 0 aliphatic carbocycles. The van der Waals surface area contributed by atoms with Crippen LogP contribution in [-0.4, -0.2) is 16.8 Å². The summed E-state index contributed by atoms with van der Waals surface area (Å²) in [5, 5.41) is 6.08. The van der Waals surface area contributed by atoms with Crippen LogP contribution >= 0.6 is 11.3 Å². The van der Waals surface area contributed by atoms with Gasteiger partial charge in [0, 0.05) is 18.2 Å². The second kappa shape index (κ2) is 6.18. The zero-order valence-corrected chi connectivity index (χ0v) is 13.5. The lowest BCUT2D eigenvalue weighted by Crippen LogP contribution is -2.13. The van der Waals surface area contributed by atoms with E-state index in [0.29, 0.717) is 16.4 Å². The number of nitrogens with zero attached hydrogens (tertiary/aromatic N) is 1. The maximum absolute atomic E-state index is 12.4. The molecule has 0 spiro atoms. The number of carbonyl (C=O) groups is 2. The normalized spacial score (nSPS) is 10.5. The molecule has 116 valence electrons. The van der Waals surface area contributed by atoms with Gasteiger partial charge in [-0.05, 0) is 36.8 Å². The van der Waals surface area contributed by atoms with Gasteiger partial charge in [0.2, 0.25) is 5.91 Å². The van der Waals surface area contributed by atoms with E-state index in [2.05, 4.69) is 15.6 Å². The Hall–Kier alpha value is -2.73. The number of hydrogen-bond acceptors (Lipinski definition) is 4. The predicted molar refractivity (Wildman–Crippen MR) is 93.1 cm³/mol.